The monoisotopic (exact) mass is 275 g/mol. The fourth-order valence-electron chi connectivity index (χ4n) is 1.91. The third-order valence-corrected chi connectivity index (χ3v) is 4.19. The van der Waals surface area contributed by atoms with Gasteiger partial charge >= 0.3 is 0 Å². The summed E-state index contributed by atoms with van der Waals surface area (Å²) in [6.45, 7) is 2.04. The molecule has 0 saturated carbocycles. The summed E-state index contributed by atoms with van der Waals surface area (Å²) in [6, 6.07) is 8.85. The van der Waals surface area contributed by atoms with Crippen molar-refractivity contribution >= 4 is 38.9 Å². The first kappa shape index (κ1) is 11.5. The van der Waals surface area contributed by atoms with Crippen molar-refractivity contribution in [3.05, 3.63) is 57.6 Å². The highest BCUT2D eigenvalue weighted by Gasteiger charge is 2.13. The fraction of sp³-hybridized carbons (Fsp3) is 0.0714. The number of hydrogen-bond donors (Lipinski definition) is 1. The lowest BCUT2D eigenvalue weighted by Gasteiger charge is -1.98. The van der Waals surface area contributed by atoms with Crippen LogP contribution >= 0.6 is 22.9 Å². The summed E-state index contributed by atoms with van der Waals surface area (Å²) in [6.07, 6.45) is 0. The molecule has 2 aromatic heterocycles. The zero-order valence-electron chi connectivity index (χ0n) is 9.66. The number of aromatic amines is 1. The fourth-order valence-corrected chi connectivity index (χ4v) is 2.97. The van der Waals surface area contributed by atoms with Crippen molar-refractivity contribution in [3.63, 3.8) is 0 Å². The smallest absolute Gasteiger partial charge is 0.209 e. The molecule has 3 rings (SSSR count). The summed E-state index contributed by atoms with van der Waals surface area (Å²) in [5, 5.41) is 3.84. The van der Waals surface area contributed by atoms with E-state index in [0.29, 0.717) is 16.3 Å². The highest BCUT2D eigenvalue weighted by molar-refractivity contribution is 7.17. The van der Waals surface area contributed by atoms with Gasteiger partial charge in [-0.2, -0.15) is 0 Å². The summed E-state index contributed by atoms with van der Waals surface area (Å²) in [5.74, 6) is -0.00512. The van der Waals surface area contributed by atoms with E-state index in [1.165, 1.54) is 5.56 Å². The molecule has 0 aliphatic carbocycles. The molecule has 4 heteroatoms. The van der Waals surface area contributed by atoms with Crippen LogP contribution in [0, 0.1) is 6.92 Å². The molecule has 0 amide bonds. The van der Waals surface area contributed by atoms with E-state index in [4.69, 9.17) is 11.6 Å². The zero-order valence-corrected chi connectivity index (χ0v) is 11.2. The summed E-state index contributed by atoms with van der Waals surface area (Å²) in [7, 11) is 0. The number of nitrogens with one attached hydrogen (secondary N) is 1. The third-order valence-electron chi connectivity index (χ3n) is 2.91. The van der Waals surface area contributed by atoms with Gasteiger partial charge in [-0.1, -0.05) is 11.6 Å². The Balaban J connectivity index is 2.03. The number of aromatic nitrogens is 1. The van der Waals surface area contributed by atoms with Gasteiger partial charge in [-0.05, 0) is 48.2 Å². The van der Waals surface area contributed by atoms with Crippen LogP contribution in [0.15, 0.2) is 35.7 Å². The zero-order chi connectivity index (χ0) is 12.7. The van der Waals surface area contributed by atoms with Gasteiger partial charge in [0.15, 0.2) is 0 Å². The Morgan fingerprint density at radius 3 is 2.67 bits per heavy atom. The quantitative estimate of drug-likeness (QED) is 0.690. The molecule has 0 fully saturated rings. The molecule has 0 atom stereocenters. The van der Waals surface area contributed by atoms with E-state index in [2.05, 4.69) is 10.4 Å². The van der Waals surface area contributed by atoms with Gasteiger partial charge in [0, 0.05) is 16.0 Å². The molecule has 2 nitrogen and oxygen atoms in total. The van der Waals surface area contributed by atoms with Crippen molar-refractivity contribution < 1.29 is 4.79 Å². The van der Waals surface area contributed by atoms with Gasteiger partial charge < -0.3 is 4.98 Å². The molecule has 0 aliphatic rings. The van der Waals surface area contributed by atoms with Gasteiger partial charge in [0.2, 0.25) is 5.78 Å². The molecule has 90 valence electrons. The summed E-state index contributed by atoms with van der Waals surface area (Å²) in [4.78, 5) is 16.5. The maximum absolute atomic E-state index is 12.3. The Morgan fingerprint density at radius 1 is 1.28 bits per heavy atom. The summed E-state index contributed by atoms with van der Waals surface area (Å²) >= 11 is 7.43. The van der Waals surface area contributed by atoms with Gasteiger partial charge in [-0.3, -0.25) is 4.79 Å². The second-order valence-electron chi connectivity index (χ2n) is 4.18. The van der Waals surface area contributed by atoms with Gasteiger partial charge in [-0.15, -0.1) is 11.3 Å². The molecule has 0 unspecified atom stereocenters. The lowest BCUT2D eigenvalue weighted by Crippen LogP contribution is -2.00. The maximum Gasteiger partial charge on any atom is 0.209 e. The molecule has 0 bridgehead atoms. The predicted molar refractivity (Wildman–Crippen MR) is 75.8 cm³/mol. The number of carbonyl (C=O) groups excluding carboxylic acids is 1. The predicted octanol–water partition coefficient (Wildman–Crippen LogP) is 4.42. The first-order valence-electron chi connectivity index (χ1n) is 5.52. The number of ketones is 1. The van der Waals surface area contributed by atoms with E-state index in [0.717, 1.165) is 10.2 Å². The van der Waals surface area contributed by atoms with Crippen LogP contribution in [-0.2, 0) is 0 Å². The van der Waals surface area contributed by atoms with Crippen LogP contribution in [0.1, 0.15) is 21.6 Å². The van der Waals surface area contributed by atoms with Crippen LogP contribution in [0.2, 0.25) is 5.02 Å². The lowest BCUT2D eigenvalue weighted by molar-refractivity contribution is 0.103. The molecule has 0 spiro atoms. The minimum absolute atomic E-state index is 0.00512. The van der Waals surface area contributed by atoms with Crippen LogP contribution in [0.25, 0.3) is 10.2 Å². The average Bonchev–Trinajstić information content (AvgIpc) is 2.92. The molecule has 0 aliphatic heterocycles. The van der Waals surface area contributed by atoms with Crippen molar-refractivity contribution in [2.24, 2.45) is 0 Å². The van der Waals surface area contributed by atoms with E-state index < -0.39 is 0 Å². The molecular weight excluding hydrogens is 266 g/mol. The normalized spacial score (nSPS) is 11.0. The Hall–Kier alpha value is -1.58. The number of carbonyl (C=O) groups is 1. The van der Waals surface area contributed by atoms with E-state index in [-0.39, 0.29) is 5.78 Å². The second-order valence-corrected chi connectivity index (χ2v) is 5.50. The van der Waals surface area contributed by atoms with Crippen LogP contribution in [0.3, 0.4) is 0 Å². The highest BCUT2D eigenvalue weighted by atomic mass is 35.5. The largest absolute Gasteiger partial charge is 0.344 e. The first-order valence-corrected chi connectivity index (χ1v) is 6.78. The Labute approximate surface area is 113 Å². The minimum atomic E-state index is -0.00512. The van der Waals surface area contributed by atoms with Crippen LogP contribution in [0.5, 0.6) is 0 Å². The van der Waals surface area contributed by atoms with Crippen LogP contribution in [-0.4, -0.2) is 10.8 Å². The van der Waals surface area contributed by atoms with Gasteiger partial charge in [-0.25, -0.2) is 0 Å². The highest BCUT2D eigenvalue weighted by Crippen LogP contribution is 2.26. The summed E-state index contributed by atoms with van der Waals surface area (Å²) in [5.41, 5.74) is 2.47. The molecule has 0 radical (unpaired) electrons. The SMILES string of the molecule is Cc1csc2[nH]c(C(=O)c3ccc(Cl)cc3)cc12. The van der Waals surface area contributed by atoms with E-state index in [1.807, 2.05) is 13.0 Å². The van der Waals surface area contributed by atoms with Crippen LogP contribution < -0.4 is 0 Å². The standard InChI is InChI=1S/C14H10ClNOS/c1-8-7-18-14-11(8)6-12(16-14)13(17)9-2-4-10(15)5-3-9/h2-7,16H,1H3. The Morgan fingerprint density at radius 2 is 2.00 bits per heavy atom. The summed E-state index contributed by atoms with van der Waals surface area (Å²) < 4.78 is 0. The van der Waals surface area contributed by atoms with Gasteiger partial charge in [0.05, 0.1) is 5.69 Å². The van der Waals surface area contributed by atoms with Crippen molar-refractivity contribution in [2.75, 3.05) is 0 Å². The number of benzene rings is 1. The topological polar surface area (TPSA) is 32.9 Å². The van der Waals surface area contributed by atoms with Crippen molar-refractivity contribution in [1.29, 1.82) is 0 Å². The van der Waals surface area contributed by atoms with E-state index >= 15 is 0 Å². The number of rotatable bonds is 2. The van der Waals surface area contributed by atoms with Crippen LogP contribution in [0.4, 0.5) is 0 Å². The molecule has 1 aromatic carbocycles. The maximum atomic E-state index is 12.3. The second kappa shape index (κ2) is 4.26. The van der Waals surface area contributed by atoms with Crippen molar-refractivity contribution in [2.45, 2.75) is 6.92 Å². The Kier molecular flexibility index (Phi) is 2.73. The molecule has 3 aromatic rings. The molecule has 0 saturated heterocycles. The van der Waals surface area contributed by atoms with Gasteiger partial charge in [0.1, 0.15) is 4.83 Å². The number of thiophene rings is 1. The number of fused-ring (bicyclic) bond motifs is 1. The van der Waals surface area contributed by atoms with Crippen molar-refractivity contribution in [3.8, 4) is 0 Å². The number of hydrogen-bond acceptors (Lipinski definition) is 2. The van der Waals surface area contributed by atoms with E-state index in [1.54, 1.807) is 35.6 Å². The number of aryl methyl sites for hydroxylation is 1. The molecule has 18 heavy (non-hydrogen) atoms. The molecule has 1 N–H and O–H groups in total. The molecular formula is C14H10ClNOS. The van der Waals surface area contributed by atoms with Gasteiger partial charge in [0.25, 0.3) is 0 Å². The van der Waals surface area contributed by atoms with Crippen molar-refractivity contribution in [1.82, 2.24) is 4.98 Å². The third kappa shape index (κ3) is 1.85. The Bertz CT molecular complexity index is 724. The average molecular weight is 276 g/mol. The number of H-pyrrole nitrogens is 1. The lowest BCUT2D eigenvalue weighted by atomic mass is 10.1. The minimum Gasteiger partial charge on any atom is -0.344 e. The first-order chi connectivity index (χ1) is 8.65. The van der Waals surface area contributed by atoms with E-state index in [9.17, 15) is 4.79 Å². The molecule has 2 heterocycles. The number of halogens is 1.